The van der Waals surface area contributed by atoms with E-state index >= 15 is 0 Å². The highest BCUT2D eigenvalue weighted by Crippen LogP contribution is 2.37. The Kier molecular flexibility index (Phi) is 2.65. The molecule has 0 spiro atoms. The van der Waals surface area contributed by atoms with Crippen LogP contribution in [-0.4, -0.2) is 18.2 Å². The number of benzene rings is 1. The summed E-state index contributed by atoms with van der Waals surface area (Å²) in [6, 6.07) is 5.93. The van der Waals surface area contributed by atoms with E-state index < -0.39 is 0 Å². The highest BCUT2D eigenvalue weighted by Gasteiger charge is 2.16. The van der Waals surface area contributed by atoms with Gasteiger partial charge >= 0.3 is 0 Å². The summed E-state index contributed by atoms with van der Waals surface area (Å²) in [6.07, 6.45) is 0. The SMILES string of the molecule is Cc1cc2c(cc1-c1csc(C#N)n1)OCCO2. The summed E-state index contributed by atoms with van der Waals surface area (Å²) in [4.78, 5) is 4.27. The first-order valence-electron chi connectivity index (χ1n) is 5.54. The van der Waals surface area contributed by atoms with Crippen molar-refractivity contribution >= 4 is 11.3 Å². The molecule has 0 unspecified atom stereocenters. The van der Waals surface area contributed by atoms with Gasteiger partial charge in [0.2, 0.25) is 0 Å². The van der Waals surface area contributed by atoms with E-state index in [-0.39, 0.29) is 0 Å². The van der Waals surface area contributed by atoms with Gasteiger partial charge in [-0.15, -0.1) is 11.3 Å². The molecule has 5 heteroatoms. The molecule has 0 atom stereocenters. The Morgan fingerprint density at radius 1 is 1.28 bits per heavy atom. The molecule has 0 fully saturated rings. The highest BCUT2D eigenvalue weighted by atomic mass is 32.1. The van der Waals surface area contributed by atoms with Crippen molar-refractivity contribution in [3.05, 3.63) is 28.1 Å². The number of hydrogen-bond acceptors (Lipinski definition) is 5. The third kappa shape index (κ3) is 1.81. The fraction of sp³-hybridized carbons (Fsp3) is 0.231. The third-order valence-electron chi connectivity index (χ3n) is 2.76. The minimum absolute atomic E-state index is 0.472. The average molecular weight is 258 g/mol. The van der Waals surface area contributed by atoms with E-state index in [1.165, 1.54) is 11.3 Å². The molecule has 0 bridgehead atoms. The lowest BCUT2D eigenvalue weighted by Crippen LogP contribution is -2.15. The molecule has 2 heterocycles. The van der Waals surface area contributed by atoms with E-state index in [4.69, 9.17) is 14.7 Å². The van der Waals surface area contributed by atoms with Crippen LogP contribution in [0.25, 0.3) is 11.3 Å². The van der Waals surface area contributed by atoms with Crippen LogP contribution in [0.1, 0.15) is 10.6 Å². The summed E-state index contributed by atoms with van der Waals surface area (Å²) < 4.78 is 11.1. The second-order valence-electron chi connectivity index (χ2n) is 3.96. The van der Waals surface area contributed by atoms with E-state index in [1.54, 1.807) is 0 Å². The Hall–Kier alpha value is -2.06. The molecule has 90 valence electrons. The van der Waals surface area contributed by atoms with Crippen LogP contribution in [0.2, 0.25) is 0 Å². The van der Waals surface area contributed by atoms with Crippen molar-refractivity contribution in [1.29, 1.82) is 5.26 Å². The zero-order chi connectivity index (χ0) is 12.5. The van der Waals surface area contributed by atoms with Gasteiger partial charge in [0, 0.05) is 10.9 Å². The topological polar surface area (TPSA) is 55.1 Å². The monoisotopic (exact) mass is 258 g/mol. The molecule has 1 aliphatic heterocycles. The van der Waals surface area contributed by atoms with Gasteiger partial charge < -0.3 is 9.47 Å². The quantitative estimate of drug-likeness (QED) is 0.789. The summed E-state index contributed by atoms with van der Waals surface area (Å²) in [5.41, 5.74) is 2.86. The van der Waals surface area contributed by atoms with E-state index in [0.717, 1.165) is 28.3 Å². The van der Waals surface area contributed by atoms with Gasteiger partial charge in [-0.3, -0.25) is 0 Å². The maximum atomic E-state index is 8.81. The predicted molar refractivity (Wildman–Crippen MR) is 68.0 cm³/mol. The van der Waals surface area contributed by atoms with Crippen LogP contribution in [0.3, 0.4) is 0 Å². The summed E-state index contributed by atoms with van der Waals surface area (Å²) in [5, 5.41) is 11.2. The number of hydrogen-bond donors (Lipinski definition) is 0. The molecular weight excluding hydrogens is 248 g/mol. The molecule has 0 N–H and O–H groups in total. The van der Waals surface area contributed by atoms with Gasteiger partial charge in [0.1, 0.15) is 19.3 Å². The fourth-order valence-electron chi connectivity index (χ4n) is 1.92. The lowest BCUT2D eigenvalue weighted by Gasteiger charge is -2.19. The number of aryl methyl sites for hydroxylation is 1. The maximum absolute atomic E-state index is 8.81. The van der Waals surface area contributed by atoms with E-state index in [1.807, 2.05) is 24.4 Å². The molecule has 0 aliphatic carbocycles. The standard InChI is InChI=1S/C13H10N2O2S/c1-8-4-11-12(17-3-2-16-11)5-9(8)10-7-18-13(6-14)15-10/h4-5,7H,2-3H2,1H3. The molecule has 0 saturated carbocycles. The van der Waals surface area contributed by atoms with E-state index in [0.29, 0.717) is 18.2 Å². The van der Waals surface area contributed by atoms with Gasteiger partial charge in [-0.05, 0) is 24.6 Å². The van der Waals surface area contributed by atoms with Crippen molar-refractivity contribution in [1.82, 2.24) is 4.98 Å². The molecule has 0 saturated heterocycles. The molecule has 3 rings (SSSR count). The first-order valence-corrected chi connectivity index (χ1v) is 6.42. The number of thiazole rings is 1. The zero-order valence-corrected chi connectivity index (χ0v) is 10.6. The predicted octanol–water partition coefficient (Wildman–Crippen LogP) is 2.76. The van der Waals surface area contributed by atoms with Crippen LogP contribution in [0.15, 0.2) is 17.5 Å². The van der Waals surface area contributed by atoms with Gasteiger partial charge in [-0.2, -0.15) is 5.26 Å². The van der Waals surface area contributed by atoms with Gasteiger partial charge in [-0.1, -0.05) is 0 Å². The number of nitriles is 1. The van der Waals surface area contributed by atoms with E-state index in [9.17, 15) is 0 Å². The minimum Gasteiger partial charge on any atom is -0.486 e. The van der Waals surface area contributed by atoms with Crippen molar-refractivity contribution < 1.29 is 9.47 Å². The first-order chi connectivity index (χ1) is 8.78. The van der Waals surface area contributed by atoms with Crippen molar-refractivity contribution in [3.63, 3.8) is 0 Å². The molecule has 4 nitrogen and oxygen atoms in total. The first kappa shape index (κ1) is 11.1. The third-order valence-corrected chi connectivity index (χ3v) is 3.51. The number of nitrogens with zero attached hydrogens (tertiary/aromatic N) is 2. The molecule has 0 radical (unpaired) electrons. The second kappa shape index (κ2) is 4.31. The van der Waals surface area contributed by atoms with Crippen LogP contribution in [-0.2, 0) is 0 Å². The van der Waals surface area contributed by atoms with Crippen molar-refractivity contribution in [3.8, 4) is 28.8 Å². The smallest absolute Gasteiger partial charge is 0.194 e. The summed E-state index contributed by atoms with van der Waals surface area (Å²) in [7, 11) is 0. The lowest BCUT2D eigenvalue weighted by atomic mass is 10.1. The molecule has 1 aromatic carbocycles. The van der Waals surface area contributed by atoms with Gasteiger partial charge in [0.15, 0.2) is 16.5 Å². The second-order valence-corrected chi connectivity index (χ2v) is 4.82. The average Bonchev–Trinajstić information content (AvgIpc) is 2.86. The maximum Gasteiger partial charge on any atom is 0.194 e. The Morgan fingerprint density at radius 2 is 2.00 bits per heavy atom. The Bertz CT molecular complexity index is 643. The van der Waals surface area contributed by atoms with Gasteiger partial charge in [-0.25, -0.2) is 4.98 Å². The van der Waals surface area contributed by atoms with Crippen LogP contribution in [0.4, 0.5) is 0 Å². The number of rotatable bonds is 1. The Morgan fingerprint density at radius 3 is 2.67 bits per heavy atom. The molecule has 0 amide bonds. The van der Waals surface area contributed by atoms with Crippen LogP contribution in [0, 0.1) is 18.3 Å². The molecule has 1 aliphatic rings. The van der Waals surface area contributed by atoms with Crippen molar-refractivity contribution in [2.24, 2.45) is 0 Å². The Labute approximate surface area is 108 Å². The minimum atomic E-state index is 0.472. The number of ether oxygens (including phenoxy) is 2. The van der Waals surface area contributed by atoms with Crippen LogP contribution in [0.5, 0.6) is 11.5 Å². The van der Waals surface area contributed by atoms with Crippen molar-refractivity contribution in [2.45, 2.75) is 6.92 Å². The molecule has 18 heavy (non-hydrogen) atoms. The normalized spacial score (nSPS) is 13.1. The van der Waals surface area contributed by atoms with Gasteiger partial charge in [0.05, 0.1) is 5.69 Å². The lowest BCUT2D eigenvalue weighted by molar-refractivity contribution is 0.171. The van der Waals surface area contributed by atoms with Crippen LogP contribution >= 0.6 is 11.3 Å². The number of aromatic nitrogens is 1. The summed E-state index contributed by atoms with van der Waals surface area (Å²) in [6.45, 7) is 3.15. The largest absolute Gasteiger partial charge is 0.486 e. The zero-order valence-electron chi connectivity index (χ0n) is 9.77. The summed E-state index contributed by atoms with van der Waals surface area (Å²) in [5.74, 6) is 1.52. The van der Waals surface area contributed by atoms with Crippen molar-refractivity contribution in [2.75, 3.05) is 13.2 Å². The Balaban J connectivity index is 2.09. The summed E-state index contributed by atoms with van der Waals surface area (Å²) >= 11 is 1.35. The fourth-order valence-corrected chi connectivity index (χ4v) is 2.52. The highest BCUT2D eigenvalue weighted by molar-refractivity contribution is 7.10. The van der Waals surface area contributed by atoms with Gasteiger partial charge in [0.25, 0.3) is 0 Å². The number of fused-ring (bicyclic) bond motifs is 1. The van der Waals surface area contributed by atoms with Crippen LogP contribution < -0.4 is 9.47 Å². The molecular formula is C13H10N2O2S. The molecule has 1 aromatic heterocycles. The van der Waals surface area contributed by atoms with E-state index in [2.05, 4.69) is 11.1 Å². The molecule has 2 aromatic rings.